The molecule has 2 aliphatic heterocycles. The summed E-state index contributed by atoms with van der Waals surface area (Å²) in [4.78, 5) is 11.9. The lowest BCUT2D eigenvalue weighted by Crippen LogP contribution is -2.29. The Labute approximate surface area is 158 Å². The van der Waals surface area contributed by atoms with Gasteiger partial charge in [-0.1, -0.05) is 24.2 Å². The van der Waals surface area contributed by atoms with Gasteiger partial charge in [0.25, 0.3) is 0 Å². The van der Waals surface area contributed by atoms with Gasteiger partial charge in [0.15, 0.2) is 0 Å². The lowest BCUT2D eigenvalue weighted by molar-refractivity contribution is -0.145. The lowest BCUT2D eigenvalue weighted by atomic mass is 9.86. The fourth-order valence-electron chi connectivity index (χ4n) is 3.91. The number of nitrogens with zero attached hydrogens (tertiary/aromatic N) is 2. The van der Waals surface area contributed by atoms with E-state index in [2.05, 4.69) is 23.2 Å². The molecule has 1 atom stereocenters. The Morgan fingerprint density at radius 2 is 2.15 bits per heavy atom. The molecule has 2 saturated heterocycles. The van der Waals surface area contributed by atoms with E-state index in [1.807, 2.05) is 36.0 Å². The number of aromatic nitrogens is 2. The highest BCUT2D eigenvalue weighted by Crippen LogP contribution is 2.43. The number of piperidine rings is 1. The molecule has 6 heteroatoms. The largest absolute Gasteiger partial charge is 0.451 e. The molecule has 2 aliphatic rings. The number of hydrogen-bond acceptors (Lipinski definition) is 4. The molecule has 1 aromatic carbocycles. The third-order valence-corrected chi connectivity index (χ3v) is 5.54. The summed E-state index contributed by atoms with van der Waals surface area (Å²) < 4.78 is 7.70. The van der Waals surface area contributed by atoms with Crippen LogP contribution in [-0.2, 0) is 15.1 Å². The van der Waals surface area contributed by atoms with Gasteiger partial charge in [-0.05, 0) is 50.6 Å². The average Bonchev–Trinajstić information content (AvgIpc) is 3.21. The van der Waals surface area contributed by atoms with Gasteiger partial charge in [-0.2, -0.15) is 5.10 Å². The molecule has 136 valence electrons. The molecule has 0 amide bonds. The number of esters is 1. The predicted molar refractivity (Wildman–Crippen MR) is 101 cm³/mol. The van der Waals surface area contributed by atoms with E-state index in [1.165, 1.54) is 0 Å². The van der Waals surface area contributed by atoms with Crippen LogP contribution in [0.15, 0.2) is 42.7 Å². The van der Waals surface area contributed by atoms with Crippen molar-refractivity contribution in [3.05, 3.63) is 53.3 Å². The van der Waals surface area contributed by atoms with E-state index in [9.17, 15) is 4.79 Å². The predicted octanol–water partition coefficient (Wildman–Crippen LogP) is 3.85. The second-order valence-electron chi connectivity index (χ2n) is 7.28. The molecule has 4 rings (SSSR count). The fourth-order valence-corrected chi connectivity index (χ4v) is 4.08. The van der Waals surface area contributed by atoms with Crippen LogP contribution in [0.25, 0.3) is 11.1 Å². The van der Waals surface area contributed by atoms with Gasteiger partial charge in [-0.25, -0.2) is 4.79 Å². The Kier molecular flexibility index (Phi) is 4.37. The topological polar surface area (TPSA) is 56.1 Å². The van der Waals surface area contributed by atoms with Gasteiger partial charge in [-0.15, -0.1) is 0 Å². The number of ether oxygens (including phenoxy) is 1. The molecular weight excluding hydrogens is 350 g/mol. The van der Waals surface area contributed by atoms with Crippen LogP contribution in [-0.4, -0.2) is 28.8 Å². The first kappa shape index (κ1) is 17.3. The second kappa shape index (κ2) is 6.56. The van der Waals surface area contributed by atoms with Gasteiger partial charge >= 0.3 is 5.97 Å². The summed E-state index contributed by atoms with van der Waals surface area (Å²) in [6.45, 7) is 7.77. The molecule has 0 saturated carbocycles. The average molecular weight is 372 g/mol. The monoisotopic (exact) mass is 371 g/mol. The zero-order chi connectivity index (χ0) is 18.3. The number of nitrogens with one attached hydrogen (secondary N) is 1. The number of halogens is 1. The highest BCUT2D eigenvalue weighted by molar-refractivity contribution is 6.30. The molecule has 0 aliphatic carbocycles. The van der Waals surface area contributed by atoms with Crippen molar-refractivity contribution < 1.29 is 9.53 Å². The van der Waals surface area contributed by atoms with Crippen molar-refractivity contribution in [2.75, 3.05) is 13.1 Å². The van der Waals surface area contributed by atoms with Crippen molar-refractivity contribution >= 4 is 17.6 Å². The minimum absolute atomic E-state index is 0.334. The maximum Gasteiger partial charge on any atom is 0.334 e. The Hall–Kier alpha value is -2.11. The van der Waals surface area contributed by atoms with Gasteiger partial charge in [0.05, 0.1) is 12.2 Å². The van der Waals surface area contributed by atoms with Crippen LogP contribution >= 0.6 is 11.6 Å². The number of cyclic esters (lactones) is 1. The molecule has 1 aromatic heterocycles. The van der Waals surface area contributed by atoms with Crippen LogP contribution in [0.3, 0.4) is 0 Å². The van der Waals surface area contributed by atoms with Crippen molar-refractivity contribution in [1.82, 2.24) is 15.1 Å². The van der Waals surface area contributed by atoms with E-state index in [1.54, 1.807) is 0 Å². The van der Waals surface area contributed by atoms with Gasteiger partial charge in [-0.3, -0.25) is 4.68 Å². The summed E-state index contributed by atoms with van der Waals surface area (Å²) in [5, 5.41) is 8.60. The van der Waals surface area contributed by atoms with Crippen LogP contribution in [0.4, 0.5) is 0 Å². The summed E-state index contributed by atoms with van der Waals surface area (Å²) in [7, 11) is 0. The molecule has 2 aromatic rings. The van der Waals surface area contributed by atoms with Gasteiger partial charge in [0.1, 0.15) is 5.60 Å². The minimum Gasteiger partial charge on any atom is -0.451 e. The highest BCUT2D eigenvalue weighted by Gasteiger charge is 2.41. The first-order chi connectivity index (χ1) is 12.5. The maximum absolute atomic E-state index is 11.9. The van der Waals surface area contributed by atoms with Gasteiger partial charge < -0.3 is 10.1 Å². The van der Waals surface area contributed by atoms with Crippen LogP contribution in [0, 0.1) is 0 Å². The van der Waals surface area contributed by atoms with Crippen molar-refractivity contribution in [1.29, 1.82) is 0 Å². The Morgan fingerprint density at radius 1 is 1.38 bits per heavy atom. The van der Waals surface area contributed by atoms with Crippen molar-refractivity contribution in [2.45, 2.75) is 37.8 Å². The molecule has 0 unspecified atom stereocenters. The van der Waals surface area contributed by atoms with Crippen LogP contribution in [0.5, 0.6) is 0 Å². The Morgan fingerprint density at radius 3 is 2.85 bits per heavy atom. The molecular formula is C20H22ClN3O2. The molecule has 0 radical (unpaired) electrons. The summed E-state index contributed by atoms with van der Waals surface area (Å²) in [5.41, 5.74) is 2.63. The number of carbonyl (C=O) groups excluding carboxylic acids is 1. The summed E-state index contributed by atoms with van der Waals surface area (Å²) in [6, 6.07) is 6.09. The fraction of sp³-hybridized carbons (Fsp3) is 0.400. The first-order valence-corrected chi connectivity index (χ1v) is 9.30. The molecule has 2 fully saturated rings. The van der Waals surface area contributed by atoms with E-state index < -0.39 is 5.60 Å². The van der Waals surface area contributed by atoms with Gasteiger partial charge in [0.2, 0.25) is 0 Å². The Bertz CT molecular complexity index is 852. The molecule has 0 bridgehead atoms. The normalized spacial score (nSPS) is 24.1. The smallest absolute Gasteiger partial charge is 0.334 e. The van der Waals surface area contributed by atoms with Crippen LogP contribution in [0.2, 0.25) is 5.02 Å². The molecule has 0 spiro atoms. The van der Waals surface area contributed by atoms with Crippen molar-refractivity contribution in [2.24, 2.45) is 0 Å². The zero-order valence-corrected chi connectivity index (χ0v) is 15.6. The van der Waals surface area contributed by atoms with Crippen molar-refractivity contribution in [3.8, 4) is 11.1 Å². The third-order valence-electron chi connectivity index (χ3n) is 5.30. The third kappa shape index (κ3) is 3.06. The maximum atomic E-state index is 11.9. The summed E-state index contributed by atoms with van der Waals surface area (Å²) in [6.07, 6.45) is 6.55. The lowest BCUT2D eigenvalue weighted by Gasteiger charge is -2.25. The van der Waals surface area contributed by atoms with Crippen LogP contribution in [0.1, 0.15) is 37.8 Å². The van der Waals surface area contributed by atoms with Gasteiger partial charge in [0, 0.05) is 34.3 Å². The standard InChI is InChI=1S/C20H22ClN3O2/c1-13-10-20(2,26-19(13)25)18-4-3-15(21)9-17(18)14-11-23-24(12-14)16-5-7-22-8-6-16/h3-4,9,11-12,16,22H,1,5-8,10H2,2H3/t20-/m0/s1. The first-order valence-electron chi connectivity index (χ1n) is 8.93. The van der Waals surface area contributed by atoms with E-state index in [-0.39, 0.29) is 5.97 Å². The van der Waals surface area contributed by atoms with Crippen LogP contribution < -0.4 is 5.32 Å². The van der Waals surface area contributed by atoms with E-state index in [0.29, 0.717) is 23.1 Å². The molecule has 3 heterocycles. The number of hydrogen-bond donors (Lipinski definition) is 1. The van der Waals surface area contributed by atoms with Crippen molar-refractivity contribution in [3.63, 3.8) is 0 Å². The molecule has 1 N–H and O–H groups in total. The summed E-state index contributed by atoms with van der Waals surface area (Å²) in [5.74, 6) is -0.334. The van der Waals surface area contributed by atoms with E-state index in [0.717, 1.165) is 42.6 Å². The van der Waals surface area contributed by atoms with E-state index >= 15 is 0 Å². The number of carbonyl (C=O) groups is 1. The SMILES string of the molecule is C=C1C[C@@](C)(c2ccc(Cl)cc2-c2cnn(C3CCNCC3)c2)OC1=O. The Balaban J connectivity index is 1.73. The summed E-state index contributed by atoms with van der Waals surface area (Å²) >= 11 is 6.27. The second-order valence-corrected chi connectivity index (χ2v) is 7.72. The molecule has 26 heavy (non-hydrogen) atoms. The zero-order valence-electron chi connectivity index (χ0n) is 14.8. The quantitative estimate of drug-likeness (QED) is 0.657. The molecule has 5 nitrogen and oxygen atoms in total. The minimum atomic E-state index is -0.731. The number of benzene rings is 1. The number of rotatable bonds is 3. The van der Waals surface area contributed by atoms with E-state index in [4.69, 9.17) is 16.3 Å². The highest BCUT2D eigenvalue weighted by atomic mass is 35.5.